The van der Waals surface area contributed by atoms with Crippen LogP contribution in [0, 0.1) is 5.82 Å². The number of H-pyrrole nitrogens is 1. The van der Waals surface area contributed by atoms with Crippen molar-refractivity contribution in [3.63, 3.8) is 0 Å². The molecule has 1 aromatic heterocycles. The summed E-state index contributed by atoms with van der Waals surface area (Å²) < 4.78 is 13.1. The van der Waals surface area contributed by atoms with Gasteiger partial charge in [0.1, 0.15) is 17.0 Å². The molecular formula is C22H19ClFN3O2. The van der Waals surface area contributed by atoms with Gasteiger partial charge < -0.3 is 9.88 Å². The van der Waals surface area contributed by atoms with E-state index in [0.29, 0.717) is 36.5 Å². The second-order valence-electron chi connectivity index (χ2n) is 7.02. The molecule has 0 fully saturated rings. The van der Waals surface area contributed by atoms with Crippen LogP contribution in [0.5, 0.6) is 0 Å². The first-order valence-electron chi connectivity index (χ1n) is 9.34. The van der Waals surface area contributed by atoms with Crippen molar-refractivity contribution in [2.24, 2.45) is 0 Å². The number of aromatic amines is 1. The number of carbonyl (C=O) groups is 1. The van der Waals surface area contributed by atoms with E-state index in [-0.39, 0.29) is 23.8 Å². The van der Waals surface area contributed by atoms with Gasteiger partial charge in [-0.25, -0.2) is 9.37 Å². The van der Waals surface area contributed by atoms with Crippen LogP contribution in [-0.2, 0) is 24.2 Å². The van der Waals surface area contributed by atoms with Gasteiger partial charge in [-0.3, -0.25) is 9.59 Å². The molecule has 1 amide bonds. The summed E-state index contributed by atoms with van der Waals surface area (Å²) in [6.07, 6.45) is 0.892. The Hall–Kier alpha value is -2.99. The Morgan fingerprint density at radius 1 is 1.17 bits per heavy atom. The SMILES string of the molecule is O=C([C@H](Cl)c1ccccc1)N1CCc2nc(Cc3ccc(F)cc3)[nH]c(=O)c2C1. The molecule has 0 saturated heterocycles. The predicted octanol–water partition coefficient (Wildman–Crippen LogP) is 3.36. The lowest BCUT2D eigenvalue weighted by molar-refractivity contribution is -0.131. The molecular weight excluding hydrogens is 393 g/mol. The number of halogens is 2. The van der Waals surface area contributed by atoms with E-state index in [9.17, 15) is 14.0 Å². The van der Waals surface area contributed by atoms with E-state index in [0.717, 1.165) is 11.1 Å². The number of fused-ring (bicyclic) bond motifs is 1. The maximum Gasteiger partial charge on any atom is 0.256 e. The highest BCUT2D eigenvalue weighted by atomic mass is 35.5. The van der Waals surface area contributed by atoms with Gasteiger partial charge in [-0.15, -0.1) is 11.6 Å². The molecule has 0 spiro atoms. The summed E-state index contributed by atoms with van der Waals surface area (Å²) in [5, 5.41) is -0.789. The smallest absolute Gasteiger partial charge is 0.256 e. The number of benzene rings is 2. The molecule has 0 radical (unpaired) electrons. The molecule has 7 heteroatoms. The number of hydrogen-bond acceptors (Lipinski definition) is 3. The van der Waals surface area contributed by atoms with Crippen LogP contribution in [0.25, 0.3) is 0 Å². The van der Waals surface area contributed by atoms with Gasteiger partial charge in [0.15, 0.2) is 0 Å². The van der Waals surface area contributed by atoms with E-state index in [4.69, 9.17) is 11.6 Å². The number of aromatic nitrogens is 2. The third-order valence-corrected chi connectivity index (χ3v) is 5.46. The minimum Gasteiger partial charge on any atom is -0.336 e. The monoisotopic (exact) mass is 411 g/mol. The van der Waals surface area contributed by atoms with Gasteiger partial charge in [-0.1, -0.05) is 42.5 Å². The Morgan fingerprint density at radius 3 is 2.62 bits per heavy atom. The van der Waals surface area contributed by atoms with E-state index >= 15 is 0 Å². The fourth-order valence-electron chi connectivity index (χ4n) is 3.47. The van der Waals surface area contributed by atoms with Crippen molar-refractivity contribution in [1.29, 1.82) is 0 Å². The van der Waals surface area contributed by atoms with E-state index in [2.05, 4.69) is 9.97 Å². The first-order valence-corrected chi connectivity index (χ1v) is 9.78. The van der Waals surface area contributed by atoms with Crippen LogP contribution in [0.1, 0.15) is 33.6 Å². The normalized spacial score (nSPS) is 14.3. The Bertz CT molecular complexity index is 1080. The summed E-state index contributed by atoms with van der Waals surface area (Å²) in [4.78, 5) is 34.4. The van der Waals surface area contributed by atoms with Gasteiger partial charge in [0.25, 0.3) is 5.56 Å². The molecule has 1 aliphatic rings. The van der Waals surface area contributed by atoms with E-state index in [1.165, 1.54) is 12.1 Å². The van der Waals surface area contributed by atoms with Gasteiger partial charge in [-0.05, 0) is 23.3 Å². The second-order valence-corrected chi connectivity index (χ2v) is 7.46. The van der Waals surface area contributed by atoms with Crippen LogP contribution >= 0.6 is 11.6 Å². The summed E-state index contributed by atoms with van der Waals surface area (Å²) in [7, 11) is 0. The summed E-state index contributed by atoms with van der Waals surface area (Å²) in [5.41, 5.74) is 2.52. The summed E-state index contributed by atoms with van der Waals surface area (Å²) in [6.45, 7) is 0.637. The van der Waals surface area contributed by atoms with Crippen molar-refractivity contribution >= 4 is 17.5 Å². The quantitative estimate of drug-likeness (QED) is 0.669. The number of amides is 1. The lowest BCUT2D eigenvalue weighted by atomic mass is 10.0. The Kier molecular flexibility index (Phi) is 5.45. The maximum absolute atomic E-state index is 13.1. The van der Waals surface area contributed by atoms with Crippen molar-refractivity contribution < 1.29 is 9.18 Å². The molecule has 0 bridgehead atoms. The molecule has 0 aliphatic carbocycles. The van der Waals surface area contributed by atoms with Gasteiger partial charge >= 0.3 is 0 Å². The number of rotatable bonds is 4. The fourth-order valence-corrected chi connectivity index (χ4v) is 3.75. The molecule has 0 saturated carbocycles. The first-order chi connectivity index (χ1) is 14.0. The molecule has 29 heavy (non-hydrogen) atoms. The summed E-state index contributed by atoms with van der Waals surface area (Å²) in [5.74, 6) is -0.00329. The molecule has 2 aromatic carbocycles. The zero-order valence-corrected chi connectivity index (χ0v) is 16.3. The van der Waals surface area contributed by atoms with Crippen LogP contribution in [0.4, 0.5) is 4.39 Å². The third kappa shape index (κ3) is 4.22. The standard InChI is InChI=1S/C22H19ClFN3O2/c23-20(15-4-2-1-3-5-15)22(29)27-11-10-18-17(13-27)21(28)26-19(25-18)12-14-6-8-16(24)9-7-14/h1-9,20H,10-13H2,(H,25,26,28)/t20-/m1/s1. The summed E-state index contributed by atoms with van der Waals surface area (Å²) in [6, 6.07) is 15.2. The zero-order chi connectivity index (χ0) is 20.4. The van der Waals surface area contributed by atoms with Crippen molar-refractivity contribution in [1.82, 2.24) is 14.9 Å². The minimum absolute atomic E-state index is 0.184. The third-order valence-electron chi connectivity index (χ3n) is 5.02. The number of nitrogens with zero attached hydrogens (tertiary/aromatic N) is 2. The van der Waals surface area contributed by atoms with Crippen LogP contribution in [0.3, 0.4) is 0 Å². The number of alkyl halides is 1. The lowest BCUT2D eigenvalue weighted by Crippen LogP contribution is -2.41. The van der Waals surface area contributed by atoms with Crippen LogP contribution in [0.15, 0.2) is 59.4 Å². The van der Waals surface area contributed by atoms with E-state index in [1.54, 1.807) is 17.0 Å². The van der Waals surface area contributed by atoms with Gasteiger partial charge in [-0.2, -0.15) is 0 Å². The summed E-state index contributed by atoms with van der Waals surface area (Å²) >= 11 is 6.36. The second kappa shape index (κ2) is 8.17. The lowest BCUT2D eigenvalue weighted by Gasteiger charge is -2.29. The number of nitrogens with one attached hydrogen (secondary N) is 1. The molecule has 5 nitrogen and oxygen atoms in total. The molecule has 1 N–H and O–H groups in total. The highest BCUT2D eigenvalue weighted by Gasteiger charge is 2.29. The van der Waals surface area contributed by atoms with Crippen LogP contribution in [0.2, 0.25) is 0 Å². The highest BCUT2D eigenvalue weighted by molar-refractivity contribution is 6.30. The van der Waals surface area contributed by atoms with Crippen molar-refractivity contribution in [2.45, 2.75) is 24.8 Å². The largest absolute Gasteiger partial charge is 0.336 e. The predicted molar refractivity (Wildman–Crippen MR) is 108 cm³/mol. The average molecular weight is 412 g/mol. The molecule has 2 heterocycles. The average Bonchev–Trinajstić information content (AvgIpc) is 2.75. The van der Waals surface area contributed by atoms with Crippen LogP contribution in [-0.4, -0.2) is 27.3 Å². The van der Waals surface area contributed by atoms with Crippen molar-refractivity contribution in [3.05, 3.63) is 99.0 Å². The minimum atomic E-state index is -0.789. The number of carbonyl (C=O) groups excluding carboxylic acids is 1. The molecule has 4 rings (SSSR count). The van der Waals surface area contributed by atoms with E-state index < -0.39 is 5.38 Å². The maximum atomic E-state index is 13.1. The van der Waals surface area contributed by atoms with Gasteiger partial charge in [0.2, 0.25) is 5.91 Å². The Labute approximate surface area is 172 Å². The van der Waals surface area contributed by atoms with Crippen LogP contribution < -0.4 is 5.56 Å². The molecule has 148 valence electrons. The van der Waals surface area contributed by atoms with E-state index in [1.807, 2.05) is 30.3 Å². The topological polar surface area (TPSA) is 66.1 Å². The highest BCUT2D eigenvalue weighted by Crippen LogP contribution is 2.25. The molecule has 1 aliphatic heterocycles. The Morgan fingerprint density at radius 2 is 1.90 bits per heavy atom. The number of hydrogen-bond donors (Lipinski definition) is 1. The first kappa shape index (κ1) is 19.3. The molecule has 3 aromatic rings. The zero-order valence-electron chi connectivity index (χ0n) is 15.6. The Balaban J connectivity index is 1.52. The molecule has 1 atom stereocenters. The van der Waals surface area contributed by atoms with Crippen molar-refractivity contribution in [3.8, 4) is 0 Å². The fraction of sp³-hybridized carbons (Fsp3) is 0.227. The van der Waals surface area contributed by atoms with Gasteiger partial charge in [0.05, 0.1) is 17.8 Å². The van der Waals surface area contributed by atoms with Crippen molar-refractivity contribution in [2.75, 3.05) is 6.54 Å². The van der Waals surface area contributed by atoms with Gasteiger partial charge in [0, 0.05) is 19.4 Å². The molecule has 0 unspecified atom stereocenters.